The lowest BCUT2D eigenvalue weighted by molar-refractivity contribution is 0.0692. The summed E-state index contributed by atoms with van der Waals surface area (Å²) in [6.45, 7) is 5.80. The standard InChI is InChI=1S/C14H17N3O3/c1-7(2)20-10-5-4-9(6-8(10)3)11-12(13(18)19)17-14(15)16-11/h4-7H,1-3H3,(H,18,19)(H3,15,16,17). The number of hydrogen-bond acceptors (Lipinski definition) is 4. The molecule has 2 rings (SSSR count). The number of ether oxygens (including phenoxy) is 1. The molecule has 0 aliphatic carbocycles. The Morgan fingerprint density at radius 2 is 2.15 bits per heavy atom. The number of carboxylic acids is 1. The average Bonchev–Trinajstić information content (AvgIpc) is 2.73. The molecule has 0 amide bonds. The van der Waals surface area contributed by atoms with Crippen molar-refractivity contribution in [3.8, 4) is 17.0 Å². The van der Waals surface area contributed by atoms with Gasteiger partial charge in [0.15, 0.2) is 11.6 Å². The minimum Gasteiger partial charge on any atom is -0.491 e. The van der Waals surface area contributed by atoms with Gasteiger partial charge in [-0.05, 0) is 44.5 Å². The van der Waals surface area contributed by atoms with Gasteiger partial charge in [-0.3, -0.25) is 0 Å². The maximum absolute atomic E-state index is 11.2. The van der Waals surface area contributed by atoms with E-state index in [1.54, 1.807) is 12.1 Å². The summed E-state index contributed by atoms with van der Waals surface area (Å²) in [6.07, 6.45) is 0.0789. The summed E-state index contributed by atoms with van der Waals surface area (Å²) in [7, 11) is 0. The van der Waals surface area contributed by atoms with Crippen LogP contribution in [0.4, 0.5) is 5.95 Å². The van der Waals surface area contributed by atoms with Crippen LogP contribution in [0.1, 0.15) is 29.9 Å². The summed E-state index contributed by atoms with van der Waals surface area (Å²) in [5.74, 6) is -0.244. The van der Waals surface area contributed by atoms with Gasteiger partial charge < -0.3 is 20.6 Å². The summed E-state index contributed by atoms with van der Waals surface area (Å²) in [4.78, 5) is 17.7. The molecule has 1 aromatic heterocycles. The monoisotopic (exact) mass is 275 g/mol. The van der Waals surface area contributed by atoms with Crippen LogP contribution in [0.2, 0.25) is 0 Å². The highest BCUT2D eigenvalue weighted by Crippen LogP contribution is 2.28. The Bertz CT molecular complexity index is 647. The van der Waals surface area contributed by atoms with Crippen LogP contribution in [0, 0.1) is 6.92 Å². The van der Waals surface area contributed by atoms with Crippen molar-refractivity contribution >= 4 is 11.9 Å². The zero-order valence-corrected chi connectivity index (χ0v) is 11.6. The van der Waals surface area contributed by atoms with Gasteiger partial charge in [-0.1, -0.05) is 0 Å². The van der Waals surface area contributed by atoms with Gasteiger partial charge in [0.2, 0.25) is 0 Å². The van der Waals surface area contributed by atoms with Crippen LogP contribution in [-0.2, 0) is 0 Å². The number of aromatic nitrogens is 2. The lowest BCUT2D eigenvalue weighted by atomic mass is 10.1. The number of carboxylic acid groups (broad SMARTS) is 1. The molecule has 0 unspecified atom stereocenters. The molecule has 6 nitrogen and oxygen atoms in total. The van der Waals surface area contributed by atoms with Gasteiger partial charge in [0, 0.05) is 5.56 Å². The van der Waals surface area contributed by atoms with Gasteiger partial charge in [0.05, 0.1) is 6.10 Å². The number of nitrogens with two attached hydrogens (primary N) is 1. The zero-order valence-electron chi connectivity index (χ0n) is 11.6. The number of aryl methyl sites for hydroxylation is 1. The minimum atomic E-state index is -1.09. The number of hydrogen-bond donors (Lipinski definition) is 3. The summed E-state index contributed by atoms with van der Waals surface area (Å²) in [5, 5.41) is 9.13. The number of imidazole rings is 1. The number of aromatic carboxylic acids is 1. The molecular weight excluding hydrogens is 258 g/mol. The molecule has 0 bridgehead atoms. The van der Waals surface area contributed by atoms with Crippen molar-refractivity contribution < 1.29 is 14.6 Å². The first-order valence-corrected chi connectivity index (χ1v) is 6.25. The van der Waals surface area contributed by atoms with Crippen molar-refractivity contribution in [1.82, 2.24) is 9.97 Å². The maximum Gasteiger partial charge on any atom is 0.354 e. The van der Waals surface area contributed by atoms with E-state index in [4.69, 9.17) is 15.6 Å². The number of nitrogens with zero attached hydrogens (tertiary/aromatic N) is 1. The highest BCUT2D eigenvalue weighted by Gasteiger charge is 2.17. The van der Waals surface area contributed by atoms with Crippen LogP contribution in [0.25, 0.3) is 11.3 Å². The SMILES string of the molecule is Cc1cc(-c2nc(N)[nH]c2C(=O)O)ccc1OC(C)C. The molecule has 0 radical (unpaired) electrons. The second kappa shape index (κ2) is 5.24. The molecular formula is C14H17N3O3. The molecule has 1 aromatic carbocycles. The Hall–Kier alpha value is -2.50. The quantitative estimate of drug-likeness (QED) is 0.795. The van der Waals surface area contributed by atoms with Crippen LogP contribution in [0.5, 0.6) is 5.75 Å². The van der Waals surface area contributed by atoms with Crippen molar-refractivity contribution in [3.05, 3.63) is 29.5 Å². The first kappa shape index (κ1) is 13.9. The summed E-state index contributed by atoms with van der Waals surface area (Å²) in [5.41, 5.74) is 7.44. The smallest absolute Gasteiger partial charge is 0.354 e. The fraction of sp³-hybridized carbons (Fsp3) is 0.286. The highest BCUT2D eigenvalue weighted by atomic mass is 16.5. The van der Waals surface area contributed by atoms with E-state index in [9.17, 15) is 4.79 Å². The number of anilines is 1. The molecule has 1 heterocycles. The van der Waals surface area contributed by atoms with Gasteiger partial charge in [-0.15, -0.1) is 0 Å². The largest absolute Gasteiger partial charge is 0.491 e. The second-order valence-corrected chi connectivity index (χ2v) is 4.80. The van der Waals surface area contributed by atoms with Gasteiger partial charge in [-0.25, -0.2) is 9.78 Å². The molecule has 0 aliphatic rings. The molecule has 0 spiro atoms. The first-order valence-electron chi connectivity index (χ1n) is 6.25. The van der Waals surface area contributed by atoms with E-state index in [2.05, 4.69) is 9.97 Å². The van der Waals surface area contributed by atoms with E-state index in [1.165, 1.54) is 0 Å². The number of aromatic amines is 1. The lowest BCUT2D eigenvalue weighted by Gasteiger charge is -2.13. The van der Waals surface area contributed by atoms with E-state index in [0.29, 0.717) is 11.3 Å². The average molecular weight is 275 g/mol. The molecule has 0 fully saturated rings. The second-order valence-electron chi connectivity index (χ2n) is 4.80. The Kier molecular flexibility index (Phi) is 3.65. The normalized spacial score (nSPS) is 10.8. The lowest BCUT2D eigenvalue weighted by Crippen LogP contribution is -2.06. The molecule has 4 N–H and O–H groups in total. The van der Waals surface area contributed by atoms with Gasteiger partial charge in [0.25, 0.3) is 0 Å². The molecule has 0 saturated carbocycles. The van der Waals surface area contributed by atoms with E-state index in [0.717, 1.165) is 11.3 Å². The van der Waals surface area contributed by atoms with E-state index in [-0.39, 0.29) is 17.7 Å². The van der Waals surface area contributed by atoms with Crippen molar-refractivity contribution in [3.63, 3.8) is 0 Å². The third-order valence-electron chi connectivity index (χ3n) is 2.75. The Balaban J connectivity index is 2.44. The molecule has 106 valence electrons. The zero-order chi connectivity index (χ0) is 14.9. The van der Waals surface area contributed by atoms with Crippen LogP contribution >= 0.6 is 0 Å². The molecule has 20 heavy (non-hydrogen) atoms. The maximum atomic E-state index is 11.2. The van der Waals surface area contributed by atoms with Crippen LogP contribution in [-0.4, -0.2) is 27.1 Å². The van der Waals surface area contributed by atoms with Crippen molar-refractivity contribution in [2.24, 2.45) is 0 Å². The Morgan fingerprint density at radius 1 is 1.45 bits per heavy atom. The van der Waals surface area contributed by atoms with Crippen LogP contribution < -0.4 is 10.5 Å². The Morgan fingerprint density at radius 3 is 2.70 bits per heavy atom. The van der Waals surface area contributed by atoms with Crippen LogP contribution in [0.15, 0.2) is 18.2 Å². The Labute approximate surface area is 116 Å². The molecule has 6 heteroatoms. The number of H-pyrrole nitrogens is 1. The topological polar surface area (TPSA) is 101 Å². The van der Waals surface area contributed by atoms with E-state index < -0.39 is 5.97 Å². The molecule has 0 aliphatic heterocycles. The van der Waals surface area contributed by atoms with Crippen LogP contribution in [0.3, 0.4) is 0 Å². The molecule has 2 aromatic rings. The number of nitrogen functional groups attached to an aromatic ring is 1. The number of benzene rings is 1. The predicted molar refractivity (Wildman–Crippen MR) is 75.9 cm³/mol. The third-order valence-corrected chi connectivity index (χ3v) is 2.75. The molecule has 0 saturated heterocycles. The number of rotatable bonds is 4. The number of nitrogens with one attached hydrogen (secondary N) is 1. The summed E-state index contributed by atoms with van der Waals surface area (Å²) in [6, 6.07) is 5.41. The van der Waals surface area contributed by atoms with Crippen molar-refractivity contribution in [2.45, 2.75) is 26.9 Å². The number of carbonyl (C=O) groups is 1. The minimum absolute atomic E-state index is 0.0144. The predicted octanol–water partition coefficient (Wildman–Crippen LogP) is 2.45. The fourth-order valence-electron chi connectivity index (χ4n) is 1.94. The van der Waals surface area contributed by atoms with Crippen molar-refractivity contribution in [1.29, 1.82) is 0 Å². The molecule has 0 atom stereocenters. The van der Waals surface area contributed by atoms with E-state index >= 15 is 0 Å². The van der Waals surface area contributed by atoms with Gasteiger partial charge in [-0.2, -0.15) is 0 Å². The summed E-state index contributed by atoms with van der Waals surface area (Å²) < 4.78 is 5.65. The van der Waals surface area contributed by atoms with E-state index in [1.807, 2.05) is 26.8 Å². The highest BCUT2D eigenvalue weighted by molar-refractivity contribution is 5.93. The van der Waals surface area contributed by atoms with Crippen molar-refractivity contribution in [2.75, 3.05) is 5.73 Å². The van der Waals surface area contributed by atoms with Gasteiger partial charge >= 0.3 is 5.97 Å². The fourth-order valence-corrected chi connectivity index (χ4v) is 1.94. The third kappa shape index (κ3) is 2.74. The summed E-state index contributed by atoms with van der Waals surface area (Å²) >= 11 is 0. The van der Waals surface area contributed by atoms with Gasteiger partial charge in [0.1, 0.15) is 11.4 Å². The first-order chi connectivity index (χ1) is 9.38.